The Balaban J connectivity index is 1.69. The molecule has 0 fully saturated rings. The number of rotatable bonds is 5. The maximum atomic E-state index is 5.80. The Morgan fingerprint density at radius 3 is 2.37 bits per heavy atom. The highest BCUT2D eigenvalue weighted by molar-refractivity contribution is 6.03. The fraction of sp³-hybridized carbons (Fsp3) is 0.350. The molecule has 7 heteroatoms. The van der Waals surface area contributed by atoms with Crippen LogP contribution in [0.15, 0.2) is 35.5 Å². The van der Waals surface area contributed by atoms with E-state index in [1.165, 1.54) is 0 Å². The smallest absolute Gasteiger partial charge is 0.231 e. The maximum Gasteiger partial charge on any atom is 0.231 e. The van der Waals surface area contributed by atoms with E-state index in [-0.39, 0.29) is 18.8 Å². The number of hydrogen-bond donors (Lipinski definition) is 0. The second kappa shape index (κ2) is 6.90. The standard InChI is InChI=1S/C20H21NO6/c1-11-16(12-5-7-13(22-2)8-6-12)21-27-17(11)14-9-15(23-3)19-20(18(14)24-4)26-10-25-19/h5-9,11,17H,10H2,1-4H3/t11-,17-/m0/s1. The van der Waals surface area contributed by atoms with E-state index in [1.807, 2.05) is 30.3 Å². The quantitative estimate of drug-likeness (QED) is 0.801. The van der Waals surface area contributed by atoms with Crippen molar-refractivity contribution in [2.24, 2.45) is 11.1 Å². The van der Waals surface area contributed by atoms with Gasteiger partial charge in [0.25, 0.3) is 0 Å². The third-order valence-corrected chi connectivity index (χ3v) is 4.86. The summed E-state index contributed by atoms with van der Waals surface area (Å²) in [5.41, 5.74) is 2.65. The average molecular weight is 371 g/mol. The minimum Gasteiger partial charge on any atom is -0.497 e. The number of hydrogen-bond acceptors (Lipinski definition) is 7. The van der Waals surface area contributed by atoms with Crippen LogP contribution in [-0.4, -0.2) is 33.8 Å². The van der Waals surface area contributed by atoms with Crippen LogP contribution in [-0.2, 0) is 4.84 Å². The zero-order valence-electron chi connectivity index (χ0n) is 15.6. The van der Waals surface area contributed by atoms with E-state index in [4.69, 9.17) is 28.5 Å². The van der Waals surface area contributed by atoms with Crippen molar-refractivity contribution < 1.29 is 28.5 Å². The molecule has 0 aliphatic carbocycles. The Kier molecular flexibility index (Phi) is 4.43. The van der Waals surface area contributed by atoms with Crippen molar-refractivity contribution in [1.82, 2.24) is 0 Å². The van der Waals surface area contributed by atoms with Gasteiger partial charge in [-0.25, -0.2) is 0 Å². The predicted octanol–water partition coefficient (Wildman–Crippen LogP) is 3.55. The number of nitrogens with zero attached hydrogens (tertiary/aromatic N) is 1. The highest BCUT2D eigenvalue weighted by atomic mass is 16.7. The molecule has 0 radical (unpaired) electrons. The first kappa shape index (κ1) is 17.3. The summed E-state index contributed by atoms with van der Waals surface area (Å²) >= 11 is 0. The number of methoxy groups -OCH3 is 3. The zero-order chi connectivity index (χ0) is 19.0. The molecular formula is C20H21NO6. The third-order valence-electron chi connectivity index (χ3n) is 4.86. The first-order chi connectivity index (χ1) is 13.2. The molecule has 2 atom stereocenters. The molecule has 4 rings (SSSR count). The Morgan fingerprint density at radius 2 is 1.70 bits per heavy atom. The molecule has 2 heterocycles. The molecule has 142 valence electrons. The van der Waals surface area contributed by atoms with Gasteiger partial charge in [-0.1, -0.05) is 12.1 Å². The summed E-state index contributed by atoms with van der Waals surface area (Å²) in [7, 11) is 4.83. The van der Waals surface area contributed by atoms with Crippen LogP contribution in [0.3, 0.4) is 0 Å². The topological polar surface area (TPSA) is 67.7 Å². The number of oxime groups is 1. The Hall–Kier alpha value is -3.09. The molecule has 0 N–H and O–H groups in total. The van der Waals surface area contributed by atoms with E-state index < -0.39 is 0 Å². The first-order valence-corrected chi connectivity index (χ1v) is 8.60. The van der Waals surface area contributed by atoms with Gasteiger partial charge in [0.05, 0.1) is 27.0 Å². The Morgan fingerprint density at radius 1 is 0.963 bits per heavy atom. The molecule has 7 nitrogen and oxygen atoms in total. The van der Waals surface area contributed by atoms with Gasteiger partial charge in [-0.15, -0.1) is 0 Å². The minimum atomic E-state index is -0.333. The lowest BCUT2D eigenvalue weighted by molar-refractivity contribution is 0.0628. The highest BCUT2D eigenvalue weighted by Gasteiger charge is 2.38. The molecule has 2 aromatic rings. The molecule has 0 amide bonds. The molecular weight excluding hydrogens is 350 g/mol. The fourth-order valence-electron chi connectivity index (χ4n) is 3.44. The molecule has 27 heavy (non-hydrogen) atoms. The van der Waals surface area contributed by atoms with Crippen molar-refractivity contribution in [2.75, 3.05) is 28.1 Å². The Labute approximate surface area is 157 Å². The average Bonchev–Trinajstić information content (AvgIpc) is 3.34. The highest BCUT2D eigenvalue weighted by Crippen LogP contribution is 2.53. The van der Waals surface area contributed by atoms with Crippen LogP contribution in [0, 0.1) is 5.92 Å². The molecule has 0 unspecified atom stereocenters. The Bertz CT molecular complexity index is 877. The van der Waals surface area contributed by atoms with Gasteiger partial charge in [0.1, 0.15) is 5.75 Å². The van der Waals surface area contributed by atoms with Gasteiger partial charge in [-0.2, -0.15) is 0 Å². The minimum absolute atomic E-state index is 0.00243. The van der Waals surface area contributed by atoms with Crippen LogP contribution in [0.5, 0.6) is 28.7 Å². The molecule has 2 aliphatic rings. The van der Waals surface area contributed by atoms with Crippen molar-refractivity contribution in [3.05, 3.63) is 41.5 Å². The summed E-state index contributed by atoms with van der Waals surface area (Å²) < 4.78 is 27.4. The van der Waals surface area contributed by atoms with Crippen LogP contribution in [0.25, 0.3) is 0 Å². The van der Waals surface area contributed by atoms with Crippen LogP contribution in [0.1, 0.15) is 24.2 Å². The van der Waals surface area contributed by atoms with Gasteiger partial charge in [-0.3, -0.25) is 0 Å². The van der Waals surface area contributed by atoms with Crippen LogP contribution in [0.2, 0.25) is 0 Å². The summed E-state index contributed by atoms with van der Waals surface area (Å²) in [5.74, 6) is 3.01. The number of ether oxygens (including phenoxy) is 5. The monoisotopic (exact) mass is 371 g/mol. The molecule has 2 aromatic carbocycles. The van der Waals surface area contributed by atoms with Crippen LogP contribution < -0.4 is 23.7 Å². The largest absolute Gasteiger partial charge is 0.497 e. The van der Waals surface area contributed by atoms with E-state index in [2.05, 4.69) is 12.1 Å². The summed E-state index contributed by atoms with van der Waals surface area (Å²) in [6, 6.07) is 9.61. The molecule has 0 spiro atoms. The lowest BCUT2D eigenvalue weighted by Gasteiger charge is -2.20. The van der Waals surface area contributed by atoms with Crippen LogP contribution >= 0.6 is 0 Å². The number of fused-ring (bicyclic) bond motifs is 1. The van der Waals surface area contributed by atoms with Gasteiger partial charge in [0, 0.05) is 11.5 Å². The van der Waals surface area contributed by atoms with E-state index >= 15 is 0 Å². The van der Waals surface area contributed by atoms with E-state index in [0.717, 1.165) is 22.6 Å². The van der Waals surface area contributed by atoms with Crippen LogP contribution in [0.4, 0.5) is 0 Å². The fourth-order valence-corrected chi connectivity index (χ4v) is 3.44. The second-order valence-corrected chi connectivity index (χ2v) is 6.29. The van der Waals surface area contributed by atoms with Gasteiger partial charge < -0.3 is 28.5 Å². The predicted molar refractivity (Wildman–Crippen MR) is 98.2 cm³/mol. The van der Waals surface area contributed by atoms with Gasteiger partial charge in [0.2, 0.25) is 18.3 Å². The molecule has 0 saturated carbocycles. The lowest BCUT2D eigenvalue weighted by atomic mass is 9.89. The number of benzene rings is 2. The summed E-state index contributed by atoms with van der Waals surface area (Å²) in [4.78, 5) is 5.80. The van der Waals surface area contributed by atoms with Gasteiger partial charge >= 0.3 is 0 Å². The van der Waals surface area contributed by atoms with Crippen molar-refractivity contribution in [3.8, 4) is 28.7 Å². The second-order valence-electron chi connectivity index (χ2n) is 6.29. The summed E-state index contributed by atoms with van der Waals surface area (Å²) in [6.07, 6.45) is -0.333. The van der Waals surface area contributed by atoms with Crippen molar-refractivity contribution in [2.45, 2.75) is 13.0 Å². The summed E-state index contributed by atoms with van der Waals surface area (Å²) in [6.45, 7) is 2.19. The SMILES string of the molecule is COc1ccc(C2=NO[C@H](c3cc(OC)c4c(c3OC)OCO4)[C@H]2C)cc1. The normalized spacial score (nSPS) is 20.1. The van der Waals surface area contributed by atoms with Gasteiger partial charge in [0.15, 0.2) is 17.6 Å². The molecule has 0 bridgehead atoms. The van der Waals surface area contributed by atoms with Gasteiger partial charge in [-0.05, 0) is 35.9 Å². The van der Waals surface area contributed by atoms with E-state index in [9.17, 15) is 0 Å². The molecule has 0 aromatic heterocycles. The third kappa shape index (κ3) is 2.79. The lowest BCUT2D eigenvalue weighted by Crippen LogP contribution is -2.15. The molecule has 0 saturated heterocycles. The van der Waals surface area contributed by atoms with Crippen molar-refractivity contribution in [1.29, 1.82) is 0 Å². The van der Waals surface area contributed by atoms with Crippen molar-refractivity contribution in [3.63, 3.8) is 0 Å². The molecule has 2 aliphatic heterocycles. The summed E-state index contributed by atoms with van der Waals surface area (Å²) in [5, 5.41) is 4.33. The maximum absolute atomic E-state index is 5.80. The van der Waals surface area contributed by atoms with Crippen molar-refractivity contribution >= 4 is 5.71 Å². The van der Waals surface area contributed by atoms with E-state index in [0.29, 0.717) is 23.0 Å². The van der Waals surface area contributed by atoms with E-state index in [1.54, 1.807) is 21.3 Å². The zero-order valence-corrected chi connectivity index (χ0v) is 15.6. The first-order valence-electron chi connectivity index (χ1n) is 8.60.